The fourth-order valence-corrected chi connectivity index (χ4v) is 1.99. The third-order valence-corrected chi connectivity index (χ3v) is 3.34. The molecule has 1 heterocycles. The van der Waals surface area contributed by atoms with Gasteiger partial charge in [0.2, 0.25) is 5.91 Å². The molecule has 1 aromatic heterocycles. The van der Waals surface area contributed by atoms with Gasteiger partial charge < -0.3 is 9.32 Å². The molecule has 19 heavy (non-hydrogen) atoms. The summed E-state index contributed by atoms with van der Waals surface area (Å²) in [4.78, 5) is 13.6. The lowest BCUT2D eigenvalue weighted by Crippen LogP contribution is -2.31. The number of alkyl halides is 1. The molecule has 0 saturated carbocycles. The van der Waals surface area contributed by atoms with Crippen LogP contribution in [0.2, 0.25) is 0 Å². The molecule has 0 unspecified atom stereocenters. The monoisotopic (exact) mass is 277 g/mol. The lowest BCUT2D eigenvalue weighted by Gasteiger charge is -2.21. The molecule has 2 aromatic rings. The first kappa shape index (κ1) is 13.7. The van der Waals surface area contributed by atoms with Crippen LogP contribution < -0.4 is 4.90 Å². The Bertz CT molecular complexity index is 564. The predicted molar refractivity (Wildman–Crippen MR) is 76.5 cm³/mol. The third-order valence-electron chi connectivity index (χ3n) is 3.11. The van der Waals surface area contributed by atoms with Crippen LogP contribution in [0.5, 0.6) is 0 Å². The second-order valence-corrected chi connectivity index (χ2v) is 4.73. The Labute approximate surface area is 117 Å². The molecular formula is C15H16ClNO2. The number of benzene rings is 1. The number of furan rings is 1. The summed E-state index contributed by atoms with van der Waals surface area (Å²) in [7, 11) is 0. The quantitative estimate of drug-likeness (QED) is 0.799. The van der Waals surface area contributed by atoms with E-state index in [1.165, 1.54) is 5.56 Å². The van der Waals surface area contributed by atoms with E-state index in [4.69, 9.17) is 16.0 Å². The number of halogens is 1. The van der Waals surface area contributed by atoms with E-state index in [0.717, 1.165) is 17.0 Å². The molecular weight excluding hydrogens is 262 g/mol. The molecule has 4 heteroatoms. The maximum Gasteiger partial charge on any atom is 0.242 e. The second-order valence-electron chi connectivity index (χ2n) is 4.46. The number of nitrogens with zero attached hydrogens (tertiary/aromatic N) is 1. The standard InChI is InChI=1S/C15H16ClNO2/c1-11-5-6-13(8-12(11)2)17(15(18)9-16)10-14-4-3-7-19-14/h3-8H,9-10H2,1-2H3. The number of carbonyl (C=O) groups excluding carboxylic acids is 1. The van der Waals surface area contributed by atoms with Crippen molar-refractivity contribution in [2.75, 3.05) is 10.8 Å². The lowest BCUT2D eigenvalue weighted by molar-refractivity contribution is -0.116. The number of hydrogen-bond donors (Lipinski definition) is 0. The molecule has 0 bridgehead atoms. The first-order valence-electron chi connectivity index (χ1n) is 6.08. The molecule has 0 aliphatic carbocycles. The Morgan fingerprint density at radius 1 is 1.26 bits per heavy atom. The number of anilines is 1. The Morgan fingerprint density at radius 2 is 2.05 bits per heavy atom. The van der Waals surface area contributed by atoms with Gasteiger partial charge >= 0.3 is 0 Å². The maximum atomic E-state index is 12.0. The highest BCUT2D eigenvalue weighted by atomic mass is 35.5. The molecule has 2 rings (SSSR count). The van der Waals surface area contributed by atoms with Gasteiger partial charge in [0.1, 0.15) is 11.6 Å². The Balaban J connectivity index is 2.31. The van der Waals surface area contributed by atoms with Crippen LogP contribution in [-0.4, -0.2) is 11.8 Å². The van der Waals surface area contributed by atoms with Gasteiger partial charge in [0.25, 0.3) is 0 Å². The second kappa shape index (κ2) is 5.93. The summed E-state index contributed by atoms with van der Waals surface area (Å²) in [6.07, 6.45) is 1.60. The molecule has 0 aliphatic heterocycles. The van der Waals surface area contributed by atoms with Crippen molar-refractivity contribution in [2.45, 2.75) is 20.4 Å². The summed E-state index contributed by atoms with van der Waals surface area (Å²) >= 11 is 5.69. The average molecular weight is 278 g/mol. The summed E-state index contributed by atoms with van der Waals surface area (Å²) in [6.45, 7) is 4.45. The minimum absolute atomic E-state index is 0.0480. The van der Waals surface area contributed by atoms with Crippen LogP contribution in [0.4, 0.5) is 5.69 Å². The first-order chi connectivity index (χ1) is 9.11. The van der Waals surface area contributed by atoms with Crippen LogP contribution in [-0.2, 0) is 11.3 Å². The maximum absolute atomic E-state index is 12.0. The number of carbonyl (C=O) groups is 1. The van der Waals surface area contributed by atoms with Crippen molar-refractivity contribution >= 4 is 23.2 Å². The zero-order chi connectivity index (χ0) is 13.8. The zero-order valence-electron chi connectivity index (χ0n) is 11.0. The van der Waals surface area contributed by atoms with Gasteiger partial charge in [0.05, 0.1) is 12.8 Å². The van der Waals surface area contributed by atoms with E-state index in [0.29, 0.717) is 6.54 Å². The van der Waals surface area contributed by atoms with Crippen molar-refractivity contribution < 1.29 is 9.21 Å². The fourth-order valence-electron chi connectivity index (χ4n) is 1.85. The average Bonchev–Trinajstić information content (AvgIpc) is 2.91. The van der Waals surface area contributed by atoms with E-state index in [1.807, 2.05) is 38.1 Å². The molecule has 1 amide bonds. The minimum Gasteiger partial charge on any atom is -0.467 e. The summed E-state index contributed by atoms with van der Waals surface area (Å²) in [5.41, 5.74) is 3.18. The molecule has 0 radical (unpaired) electrons. The van der Waals surface area contributed by atoms with Gasteiger partial charge in [-0.3, -0.25) is 4.79 Å². The highest BCUT2D eigenvalue weighted by molar-refractivity contribution is 6.29. The van der Waals surface area contributed by atoms with Crippen molar-refractivity contribution in [3.05, 3.63) is 53.5 Å². The minimum atomic E-state index is -0.138. The Kier molecular flexibility index (Phi) is 4.27. The molecule has 0 N–H and O–H groups in total. The Morgan fingerprint density at radius 3 is 2.63 bits per heavy atom. The van der Waals surface area contributed by atoms with E-state index in [1.54, 1.807) is 17.2 Å². The molecule has 100 valence electrons. The van der Waals surface area contributed by atoms with Crippen LogP contribution >= 0.6 is 11.6 Å². The Hall–Kier alpha value is -1.74. The topological polar surface area (TPSA) is 33.5 Å². The van der Waals surface area contributed by atoms with Crippen molar-refractivity contribution in [1.29, 1.82) is 0 Å². The molecule has 0 spiro atoms. The molecule has 0 aliphatic rings. The molecule has 0 saturated heterocycles. The smallest absolute Gasteiger partial charge is 0.242 e. The van der Waals surface area contributed by atoms with E-state index >= 15 is 0 Å². The SMILES string of the molecule is Cc1ccc(N(Cc2ccco2)C(=O)CCl)cc1C. The van der Waals surface area contributed by atoms with Gasteiger partial charge in [-0.05, 0) is 49.2 Å². The van der Waals surface area contributed by atoms with Gasteiger partial charge in [-0.2, -0.15) is 0 Å². The number of rotatable bonds is 4. The van der Waals surface area contributed by atoms with Gasteiger partial charge in [0.15, 0.2) is 0 Å². The van der Waals surface area contributed by atoms with Gasteiger partial charge in [-0.1, -0.05) is 6.07 Å². The van der Waals surface area contributed by atoms with E-state index in [9.17, 15) is 4.79 Å². The van der Waals surface area contributed by atoms with Crippen molar-refractivity contribution in [1.82, 2.24) is 0 Å². The normalized spacial score (nSPS) is 10.5. The van der Waals surface area contributed by atoms with Gasteiger partial charge in [-0.25, -0.2) is 0 Å². The third kappa shape index (κ3) is 3.18. The van der Waals surface area contributed by atoms with Crippen molar-refractivity contribution in [2.24, 2.45) is 0 Å². The van der Waals surface area contributed by atoms with E-state index in [2.05, 4.69) is 0 Å². The lowest BCUT2D eigenvalue weighted by atomic mass is 10.1. The number of aryl methyl sites for hydroxylation is 2. The van der Waals surface area contributed by atoms with Gasteiger partial charge in [-0.15, -0.1) is 11.6 Å². The highest BCUT2D eigenvalue weighted by Gasteiger charge is 2.16. The first-order valence-corrected chi connectivity index (χ1v) is 6.61. The summed E-state index contributed by atoms with van der Waals surface area (Å²) in [5, 5.41) is 0. The van der Waals surface area contributed by atoms with Crippen LogP contribution in [0.1, 0.15) is 16.9 Å². The van der Waals surface area contributed by atoms with Crippen LogP contribution in [0.3, 0.4) is 0 Å². The predicted octanol–water partition coefficient (Wildman–Crippen LogP) is 3.67. The van der Waals surface area contributed by atoms with E-state index < -0.39 is 0 Å². The summed E-state index contributed by atoms with van der Waals surface area (Å²) in [5.74, 6) is 0.547. The number of hydrogen-bond acceptors (Lipinski definition) is 2. The van der Waals surface area contributed by atoms with E-state index in [-0.39, 0.29) is 11.8 Å². The summed E-state index contributed by atoms with van der Waals surface area (Å²) < 4.78 is 5.30. The molecule has 1 aromatic carbocycles. The fraction of sp³-hybridized carbons (Fsp3) is 0.267. The van der Waals surface area contributed by atoms with Crippen LogP contribution in [0.25, 0.3) is 0 Å². The van der Waals surface area contributed by atoms with Crippen LogP contribution in [0, 0.1) is 13.8 Å². The largest absolute Gasteiger partial charge is 0.467 e. The van der Waals surface area contributed by atoms with Crippen LogP contribution in [0.15, 0.2) is 41.0 Å². The van der Waals surface area contributed by atoms with Gasteiger partial charge in [0, 0.05) is 5.69 Å². The summed E-state index contributed by atoms with van der Waals surface area (Å²) in [6, 6.07) is 9.56. The highest BCUT2D eigenvalue weighted by Crippen LogP contribution is 2.21. The zero-order valence-corrected chi connectivity index (χ0v) is 11.8. The molecule has 0 atom stereocenters. The molecule has 3 nitrogen and oxygen atoms in total. The van der Waals surface area contributed by atoms with Crippen molar-refractivity contribution in [3.63, 3.8) is 0 Å². The van der Waals surface area contributed by atoms with Crippen molar-refractivity contribution in [3.8, 4) is 0 Å². The number of amides is 1. The molecule has 0 fully saturated rings.